The Morgan fingerprint density at radius 2 is 2.00 bits per heavy atom. The van der Waals surface area contributed by atoms with Gasteiger partial charge in [0.15, 0.2) is 5.17 Å². The van der Waals surface area contributed by atoms with E-state index in [1.807, 2.05) is 31.2 Å². The molecule has 1 fully saturated rings. The van der Waals surface area contributed by atoms with Crippen molar-refractivity contribution in [2.45, 2.75) is 59.4 Å². The first-order valence-electron chi connectivity index (χ1n) is 11.1. The van der Waals surface area contributed by atoms with Crippen molar-refractivity contribution in [1.29, 1.82) is 0 Å². The summed E-state index contributed by atoms with van der Waals surface area (Å²) in [5.74, 6) is 0.350. The Morgan fingerprint density at radius 1 is 1.25 bits per heavy atom. The van der Waals surface area contributed by atoms with Crippen molar-refractivity contribution >= 4 is 51.9 Å². The molecule has 6 heteroatoms. The number of aryl methyl sites for hydroxylation is 2. The Kier molecular flexibility index (Phi) is 6.17. The molecule has 0 aromatic heterocycles. The van der Waals surface area contributed by atoms with Gasteiger partial charge in [0, 0.05) is 22.8 Å². The van der Waals surface area contributed by atoms with Crippen LogP contribution < -0.4 is 10.2 Å². The highest BCUT2D eigenvalue weighted by Crippen LogP contribution is 2.44. The van der Waals surface area contributed by atoms with Gasteiger partial charge in [0.2, 0.25) is 0 Å². The van der Waals surface area contributed by atoms with Gasteiger partial charge in [0.25, 0.3) is 5.91 Å². The van der Waals surface area contributed by atoms with Gasteiger partial charge in [0.1, 0.15) is 0 Å². The third-order valence-electron chi connectivity index (χ3n) is 6.42. The lowest BCUT2D eigenvalue weighted by atomic mass is 9.79. The number of nitrogens with zero attached hydrogens (tertiary/aromatic N) is 2. The quantitative estimate of drug-likeness (QED) is 0.496. The van der Waals surface area contributed by atoms with Crippen LogP contribution >= 0.6 is 23.4 Å². The number of carbonyl (C=O) groups is 1. The van der Waals surface area contributed by atoms with Gasteiger partial charge in [-0.25, -0.2) is 4.99 Å². The monoisotopic (exact) mass is 467 g/mol. The van der Waals surface area contributed by atoms with Gasteiger partial charge < -0.3 is 10.2 Å². The molecule has 4 nitrogen and oxygen atoms in total. The normalized spacial score (nSPS) is 22.4. The molecule has 1 saturated heterocycles. The van der Waals surface area contributed by atoms with Gasteiger partial charge in [-0.15, -0.1) is 0 Å². The molecule has 0 radical (unpaired) electrons. The van der Waals surface area contributed by atoms with Crippen LogP contribution in [-0.2, 0) is 4.79 Å². The number of carbonyl (C=O) groups excluding carboxylic acids is 1. The maximum Gasteiger partial charge on any atom is 0.264 e. The summed E-state index contributed by atoms with van der Waals surface area (Å²) in [7, 11) is 0. The second-order valence-corrected chi connectivity index (χ2v) is 10.8. The minimum absolute atomic E-state index is 0.116. The molecule has 1 amide bonds. The average Bonchev–Trinajstić information content (AvgIpc) is 3.04. The predicted molar refractivity (Wildman–Crippen MR) is 138 cm³/mol. The van der Waals surface area contributed by atoms with E-state index in [4.69, 9.17) is 11.6 Å². The molecule has 2 aliphatic rings. The number of anilines is 1. The number of thioether (sulfide) groups is 1. The molecule has 2 aromatic rings. The smallest absolute Gasteiger partial charge is 0.264 e. The average molecular weight is 468 g/mol. The summed E-state index contributed by atoms with van der Waals surface area (Å²) in [5.41, 5.74) is 6.85. The minimum atomic E-state index is -0.116. The van der Waals surface area contributed by atoms with Crippen LogP contribution in [0.1, 0.15) is 62.3 Å². The standard InChI is InChI=1S/C26H30ClN3OS/c1-7-30-22-10-16(3)18(11-20(22)17(4)14-26(30,5)6)12-23-24(31)29-25(32-23)28-21-13-19(27)9-8-15(21)2/h8-13,17H,7,14H2,1-6H3,(H,28,29,31)/b23-12-/t17-/m1/s1. The van der Waals surface area contributed by atoms with E-state index in [-0.39, 0.29) is 11.4 Å². The van der Waals surface area contributed by atoms with Crippen LogP contribution in [0.5, 0.6) is 0 Å². The van der Waals surface area contributed by atoms with E-state index in [9.17, 15) is 4.79 Å². The lowest BCUT2D eigenvalue weighted by Crippen LogP contribution is -2.48. The fourth-order valence-electron chi connectivity index (χ4n) is 4.84. The Balaban J connectivity index is 1.67. The number of amidine groups is 1. The third kappa shape index (κ3) is 4.33. The van der Waals surface area contributed by atoms with Crippen molar-refractivity contribution < 1.29 is 4.79 Å². The fraction of sp³-hybridized carbons (Fsp3) is 0.385. The van der Waals surface area contributed by atoms with Crippen molar-refractivity contribution in [3.8, 4) is 0 Å². The number of hydrogen-bond donors (Lipinski definition) is 1. The number of rotatable bonds is 3. The maximum atomic E-state index is 12.7. The Bertz CT molecular complexity index is 1150. The lowest BCUT2D eigenvalue weighted by Gasteiger charge is -2.47. The van der Waals surface area contributed by atoms with Gasteiger partial charge in [-0.2, -0.15) is 0 Å². The Morgan fingerprint density at radius 3 is 2.72 bits per heavy atom. The summed E-state index contributed by atoms with van der Waals surface area (Å²) >= 11 is 7.49. The molecule has 4 rings (SSSR count). The summed E-state index contributed by atoms with van der Waals surface area (Å²) < 4.78 is 0. The van der Waals surface area contributed by atoms with Crippen LogP contribution in [0.25, 0.3) is 6.08 Å². The number of nitrogens with one attached hydrogen (secondary N) is 1. The zero-order chi connectivity index (χ0) is 23.2. The van der Waals surface area contributed by atoms with Gasteiger partial charge >= 0.3 is 0 Å². The highest BCUT2D eigenvalue weighted by atomic mass is 35.5. The molecule has 2 heterocycles. The van der Waals surface area contributed by atoms with Crippen molar-refractivity contribution in [2.24, 2.45) is 4.99 Å². The SMILES string of the molecule is CCN1c2cc(C)c(/C=C3\SC(=Nc4cc(Cl)ccc4C)NC3=O)cc2[C@H](C)CC1(C)C. The van der Waals surface area contributed by atoms with Crippen molar-refractivity contribution in [3.05, 3.63) is 62.5 Å². The molecular weight excluding hydrogens is 438 g/mol. The van der Waals surface area contributed by atoms with Crippen LogP contribution in [0.4, 0.5) is 11.4 Å². The molecule has 2 aliphatic heterocycles. The summed E-state index contributed by atoms with van der Waals surface area (Å²) in [5, 5.41) is 4.10. The van der Waals surface area contributed by atoms with Crippen molar-refractivity contribution in [2.75, 3.05) is 11.4 Å². The van der Waals surface area contributed by atoms with Gasteiger partial charge in [0.05, 0.1) is 10.6 Å². The molecule has 1 N–H and O–H groups in total. The molecule has 2 aromatic carbocycles. The van der Waals surface area contributed by atoms with E-state index in [0.29, 0.717) is 21.0 Å². The number of halogens is 1. The van der Waals surface area contributed by atoms with Crippen molar-refractivity contribution in [1.82, 2.24) is 5.32 Å². The van der Waals surface area contributed by atoms with Gasteiger partial charge in [-0.1, -0.05) is 24.6 Å². The van der Waals surface area contributed by atoms with Crippen LogP contribution in [0.15, 0.2) is 40.2 Å². The molecule has 0 spiro atoms. The Labute approximate surface area is 200 Å². The highest BCUT2D eigenvalue weighted by molar-refractivity contribution is 8.18. The number of hydrogen-bond acceptors (Lipinski definition) is 4. The van der Waals surface area contributed by atoms with E-state index >= 15 is 0 Å². The molecular formula is C26H30ClN3OS. The second kappa shape index (κ2) is 8.60. The summed E-state index contributed by atoms with van der Waals surface area (Å²) in [4.78, 5) is 20.4. The summed E-state index contributed by atoms with van der Waals surface area (Å²) in [6.07, 6.45) is 3.10. The number of fused-ring (bicyclic) bond motifs is 1. The third-order valence-corrected chi connectivity index (χ3v) is 7.57. The van der Waals surface area contributed by atoms with Gasteiger partial charge in [-0.3, -0.25) is 4.79 Å². The molecule has 0 bridgehead atoms. The Hall–Kier alpha value is -2.24. The molecule has 0 unspecified atom stereocenters. The van der Waals surface area contributed by atoms with E-state index in [2.05, 4.69) is 62.0 Å². The van der Waals surface area contributed by atoms with Crippen LogP contribution in [-0.4, -0.2) is 23.2 Å². The zero-order valence-electron chi connectivity index (χ0n) is 19.5. The number of benzene rings is 2. The van der Waals surface area contributed by atoms with Crippen molar-refractivity contribution in [3.63, 3.8) is 0 Å². The maximum absolute atomic E-state index is 12.7. The highest BCUT2D eigenvalue weighted by Gasteiger charge is 2.36. The molecule has 32 heavy (non-hydrogen) atoms. The second-order valence-electron chi connectivity index (χ2n) is 9.34. The van der Waals surface area contributed by atoms with Crippen LogP contribution in [0, 0.1) is 13.8 Å². The van der Waals surface area contributed by atoms with E-state index in [0.717, 1.165) is 29.8 Å². The largest absolute Gasteiger partial charge is 0.366 e. The van der Waals surface area contributed by atoms with E-state index in [1.165, 1.54) is 28.6 Å². The number of amides is 1. The number of aliphatic imine (C=N–C) groups is 1. The van der Waals surface area contributed by atoms with Crippen LogP contribution in [0.2, 0.25) is 5.02 Å². The predicted octanol–water partition coefficient (Wildman–Crippen LogP) is 6.96. The molecule has 1 atom stereocenters. The lowest BCUT2D eigenvalue weighted by molar-refractivity contribution is -0.115. The molecule has 0 saturated carbocycles. The first-order valence-corrected chi connectivity index (χ1v) is 12.3. The molecule has 0 aliphatic carbocycles. The van der Waals surface area contributed by atoms with Gasteiger partial charge in [-0.05, 0) is 111 Å². The fourth-order valence-corrected chi connectivity index (χ4v) is 5.83. The first kappa shape index (κ1) is 22.9. The molecule has 168 valence electrons. The van der Waals surface area contributed by atoms with E-state index in [1.54, 1.807) is 0 Å². The first-order chi connectivity index (χ1) is 15.1. The topological polar surface area (TPSA) is 44.7 Å². The van der Waals surface area contributed by atoms with E-state index < -0.39 is 0 Å². The summed E-state index contributed by atoms with van der Waals surface area (Å²) in [6.45, 7) is 14.2. The minimum Gasteiger partial charge on any atom is -0.366 e. The zero-order valence-corrected chi connectivity index (χ0v) is 21.1. The van der Waals surface area contributed by atoms with Crippen LogP contribution in [0.3, 0.4) is 0 Å². The summed E-state index contributed by atoms with van der Waals surface area (Å²) in [6, 6.07) is 10.1.